The number of amides is 2. The third kappa shape index (κ3) is 4.56. The van der Waals surface area contributed by atoms with Crippen LogP contribution in [-0.2, 0) is 6.54 Å². The van der Waals surface area contributed by atoms with Crippen molar-refractivity contribution in [3.05, 3.63) is 48.5 Å². The molecule has 1 aromatic carbocycles. The van der Waals surface area contributed by atoms with Crippen LogP contribution in [0.25, 0.3) is 5.69 Å². The molecule has 2 rings (SSSR count). The van der Waals surface area contributed by atoms with Gasteiger partial charge in [0.2, 0.25) is 0 Å². The second-order valence-corrected chi connectivity index (χ2v) is 5.88. The summed E-state index contributed by atoms with van der Waals surface area (Å²) < 4.78 is 1.91. The highest BCUT2D eigenvalue weighted by atomic mass is 16.3. The first-order valence-electron chi connectivity index (χ1n) is 7.81. The van der Waals surface area contributed by atoms with Gasteiger partial charge in [-0.1, -0.05) is 31.5 Å². The maximum atomic E-state index is 12.1. The smallest absolute Gasteiger partial charge is 0.315 e. The van der Waals surface area contributed by atoms with E-state index in [0.717, 1.165) is 24.1 Å². The van der Waals surface area contributed by atoms with Gasteiger partial charge in [0.05, 0.1) is 24.2 Å². The standard InChI is InChI=1S/C17H24N4O2/c1-3-8-17(2,12-22)20-16(23)19-11-14-6-4-5-7-15(14)21-10-9-18-13-21/h4-7,9-10,13,22H,3,8,11-12H2,1-2H3,(H2,19,20,23). The fourth-order valence-electron chi connectivity index (χ4n) is 2.54. The molecule has 1 heterocycles. The zero-order chi connectivity index (χ0) is 16.7. The third-order valence-corrected chi connectivity index (χ3v) is 3.78. The van der Waals surface area contributed by atoms with Gasteiger partial charge in [-0.15, -0.1) is 0 Å². The Morgan fingerprint density at radius 2 is 2.17 bits per heavy atom. The lowest BCUT2D eigenvalue weighted by Gasteiger charge is -2.28. The topological polar surface area (TPSA) is 79.2 Å². The number of aromatic nitrogens is 2. The molecule has 0 aliphatic carbocycles. The molecular formula is C17H24N4O2. The van der Waals surface area contributed by atoms with E-state index < -0.39 is 5.54 Å². The molecule has 1 unspecified atom stereocenters. The molecule has 23 heavy (non-hydrogen) atoms. The maximum absolute atomic E-state index is 12.1. The lowest BCUT2D eigenvalue weighted by molar-refractivity contribution is 0.163. The van der Waals surface area contributed by atoms with Crippen molar-refractivity contribution in [2.75, 3.05) is 6.61 Å². The molecule has 2 amide bonds. The summed E-state index contributed by atoms with van der Waals surface area (Å²) in [5.41, 5.74) is 1.37. The van der Waals surface area contributed by atoms with Crippen LogP contribution >= 0.6 is 0 Å². The van der Waals surface area contributed by atoms with Crippen LogP contribution in [0, 0.1) is 0 Å². The molecule has 6 heteroatoms. The minimum absolute atomic E-state index is 0.0834. The molecule has 0 fully saturated rings. The Kier molecular flexibility index (Phi) is 5.76. The van der Waals surface area contributed by atoms with Crippen LogP contribution in [0.15, 0.2) is 43.0 Å². The predicted molar refractivity (Wildman–Crippen MR) is 89.3 cm³/mol. The summed E-state index contributed by atoms with van der Waals surface area (Å²) in [6, 6.07) is 7.54. The number of nitrogens with zero attached hydrogens (tertiary/aromatic N) is 2. The third-order valence-electron chi connectivity index (χ3n) is 3.78. The van der Waals surface area contributed by atoms with E-state index >= 15 is 0 Å². The minimum Gasteiger partial charge on any atom is -0.394 e. The van der Waals surface area contributed by atoms with E-state index in [4.69, 9.17) is 0 Å². The number of imidazole rings is 1. The number of hydrogen-bond acceptors (Lipinski definition) is 3. The summed E-state index contributed by atoms with van der Waals surface area (Å²) in [6.45, 7) is 4.18. The SMILES string of the molecule is CCCC(C)(CO)NC(=O)NCc1ccccc1-n1ccnc1. The van der Waals surface area contributed by atoms with Gasteiger partial charge in [0.15, 0.2) is 0 Å². The summed E-state index contributed by atoms with van der Waals surface area (Å²) in [6.07, 6.45) is 6.92. The van der Waals surface area contributed by atoms with Gasteiger partial charge in [0, 0.05) is 18.9 Å². The summed E-state index contributed by atoms with van der Waals surface area (Å²) in [5, 5.41) is 15.2. The van der Waals surface area contributed by atoms with Gasteiger partial charge in [0.25, 0.3) is 0 Å². The summed E-state index contributed by atoms with van der Waals surface area (Å²) in [4.78, 5) is 16.2. The fourth-order valence-corrected chi connectivity index (χ4v) is 2.54. The van der Waals surface area contributed by atoms with Gasteiger partial charge >= 0.3 is 6.03 Å². The van der Waals surface area contributed by atoms with Gasteiger partial charge < -0.3 is 20.3 Å². The number of carbonyl (C=O) groups is 1. The first kappa shape index (κ1) is 17.0. The Morgan fingerprint density at radius 3 is 2.83 bits per heavy atom. The van der Waals surface area contributed by atoms with Crippen molar-refractivity contribution in [3.8, 4) is 5.69 Å². The van der Waals surface area contributed by atoms with Crippen LogP contribution in [-0.4, -0.2) is 32.8 Å². The maximum Gasteiger partial charge on any atom is 0.315 e. The van der Waals surface area contributed by atoms with E-state index in [1.165, 1.54) is 0 Å². The molecule has 6 nitrogen and oxygen atoms in total. The van der Waals surface area contributed by atoms with Crippen molar-refractivity contribution < 1.29 is 9.90 Å². The quantitative estimate of drug-likeness (QED) is 0.733. The second-order valence-electron chi connectivity index (χ2n) is 5.88. The number of benzene rings is 1. The van der Waals surface area contributed by atoms with Crippen molar-refractivity contribution >= 4 is 6.03 Å². The van der Waals surface area contributed by atoms with E-state index in [1.54, 1.807) is 12.5 Å². The molecule has 2 aromatic rings. The normalized spacial score (nSPS) is 13.3. The monoisotopic (exact) mass is 316 g/mol. The number of nitrogens with one attached hydrogen (secondary N) is 2. The number of aliphatic hydroxyl groups excluding tert-OH is 1. The summed E-state index contributed by atoms with van der Waals surface area (Å²) >= 11 is 0. The van der Waals surface area contributed by atoms with E-state index in [0.29, 0.717) is 6.54 Å². The molecule has 0 aliphatic rings. The van der Waals surface area contributed by atoms with Gasteiger partial charge in [-0.25, -0.2) is 9.78 Å². The van der Waals surface area contributed by atoms with E-state index in [9.17, 15) is 9.90 Å². The first-order valence-corrected chi connectivity index (χ1v) is 7.81. The molecular weight excluding hydrogens is 292 g/mol. The average Bonchev–Trinajstić information content (AvgIpc) is 3.07. The highest BCUT2D eigenvalue weighted by molar-refractivity contribution is 5.74. The van der Waals surface area contributed by atoms with E-state index in [-0.39, 0.29) is 12.6 Å². The van der Waals surface area contributed by atoms with Crippen LogP contribution in [0.5, 0.6) is 0 Å². The van der Waals surface area contributed by atoms with Crippen molar-refractivity contribution in [1.29, 1.82) is 0 Å². The van der Waals surface area contributed by atoms with Crippen LogP contribution in [0.4, 0.5) is 4.79 Å². The number of para-hydroxylation sites is 1. The molecule has 0 saturated heterocycles. The Bertz CT molecular complexity index is 627. The van der Waals surface area contributed by atoms with Crippen molar-refractivity contribution in [2.45, 2.75) is 38.8 Å². The lowest BCUT2D eigenvalue weighted by Crippen LogP contribution is -2.52. The van der Waals surface area contributed by atoms with Crippen molar-refractivity contribution in [2.24, 2.45) is 0 Å². The largest absolute Gasteiger partial charge is 0.394 e. The highest BCUT2D eigenvalue weighted by Crippen LogP contribution is 2.14. The Morgan fingerprint density at radius 1 is 1.39 bits per heavy atom. The molecule has 0 radical (unpaired) electrons. The van der Waals surface area contributed by atoms with Crippen LogP contribution in [0.2, 0.25) is 0 Å². The van der Waals surface area contributed by atoms with E-state index in [2.05, 4.69) is 15.6 Å². The highest BCUT2D eigenvalue weighted by Gasteiger charge is 2.24. The van der Waals surface area contributed by atoms with Gasteiger partial charge in [-0.2, -0.15) is 0 Å². The van der Waals surface area contributed by atoms with E-state index in [1.807, 2.05) is 48.9 Å². The van der Waals surface area contributed by atoms with Crippen molar-refractivity contribution in [1.82, 2.24) is 20.2 Å². The summed E-state index contributed by atoms with van der Waals surface area (Å²) in [5.74, 6) is 0. The fraction of sp³-hybridized carbons (Fsp3) is 0.412. The molecule has 0 saturated carbocycles. The predicted octanol–water partition coefficient (Wildman–Crippen LogP) is 2.22. The van der Waals surface area contributed by atoms with Crippen LogP contribution < -0.4 is 10.6 Å². The van der Waals surface area contributed by atoms with Crippen LogP contribution in [0.3, 0.4) is 0 Å². The van der Waals surface area contributed by atoms with Crippen molar-refractivity contribution in [3.63, 3.8) is 0 Å². The van der Waals surface area contributed by atoms with Gasteiger partial charge in [-0.05, 0) is 25.0 Å². The first-order chi connectivity index (χ1) is 11.1. The molecule has 124 valence electrons. The Hall–Kier alpha value is -2.34. The number of urea groups is 1. The number of rotatable bonds is 7. The molecule has 0 spiro atoms. The van der Waals surface area contributed by atoms with Gasteiger partial charge in [-0.3, -0.25) is 0 Å². The summed E-state index contributed by atoms with van der Waals surface area (Å²) in [7, 11) is 0. The lowest BCUT2D eigenvalue weighted by atomic mass is 9.98. The Balaban J connectivity index is 2.00. The number of hydrogen-bond donors (Lipinski definition) is 3. The van der Waals surface area contributed by atoms with Gasteiger partial charge in [0.1, 0.15) is 0 Å². The van der Waals surface area contributed by atoms with Crippen LogP contribution in [0.1, 0.15) is 32.3 Å². The second kappa shape index (κ2) is 7.78. The number of carbonyl (C=O) groups excluding carboxylic acids is 1. The minimum atomic E-state index is -0.595. The average molecular weight is 316 g/mol. The molecule has 0 bridgehead atoms. The molecule has 1 aromatic heterocycles. The molecule has 3 N–H and O–H groups in total. The number of aliphatic hydroxyl groups is 1. The zero-order valence-corrected chi connectivity index (χ0v) is 13.6. The zero-order valence-electron chi connectivity index (χ0n) is 13.6. The molecule has 0 aliphatic heterocycles. The molecule has 1 atom stereocenters. The Labute approximate surface area is 136 Å².